The van der Waals surface area contributed by atoms with E-state index in [1.54, 1.807) is 4.68 Å². The van der Waals surface area contributed by atoms with Crippen molar-refractivity contribution >= 4 is 5.82 Å². The average Bonchev–Trinajstić information content (AvgIpc) is 2.77. The average molecular weight is 231 g/mol. The Labute approximate surface area is 101 Å². The number of aromatic nitrogens is 4. The van der Waals surface area contributed by atoms with E-state index in [1.165, 1.54) is 0 Å². The molecular formula is C12H17N5. The lowest BCUT2D eigenvalue weighted by Crippen LogP contribution is -2.04. The smallest absolute Gasteiger partial charge is 0.159 e. The summed E-state index contributed by atoms with van der Waals surface area (Å²) in [6, 6.07) is 3.89. The predicted molar refractivity (Wildman–Crippen MR) is 67.5 cm³/mol. The van der Waals surface area contributed by atoms with Gasteiger partial charge in [0.2, 0.25) is 0 Å². The molecule has 2 aromatic heterocycles. The van der Waals surface area contributed by atoms with Crippen LogP contribution in [-0.2, 0) is 0 Å². The molecule has 0 unspecified atom stereocenters. The highest BCUT2D eigenvalue weighted by molar-refractivity contribution is 5.40. The summed E-state index contributed by atoms with van der Waals surface area (Å²) in [7, 11) is 1.84. The van der Waals surface area contributed by atoms with Crippen LogP contribution in [0.5, 0.6) is 0 Å². The first kappa shape index (κ1) is 11.6. The van der Waals surface area contributed by atoms with Crippen LogP contribution < -0.4 is 5.32 Å². The highest BCUT2D eigenvalue weighted by atomic mass is 15.3. The Bertz CT molecular complexity index is 515. The lowest BCUT2D eigenvalue weighted by atomic mass is 10.1. The van der Waals surface area contributed by atoms with Gasteiger partial charge in [0.25, 0.3) is 0 Å². The molecule has 5 heteroatoms. The maximum Gasteiger partial charge on any atom is 0.159 e. The molecule has 0 bridgehead atoms. The predicted octanol–water partition coefficient (Wildman–Crippen LogP) is 2.14. The van der Waals surface area contributed by atoms with E-state index in [0.717, 1.165) is 23.2 Å². The van der Waals surface area contributed by atoms with E-state index in [0.29, 0.717) is 5.92 Å². The summed E-state index contributed by atoms with van der Waals surface area (Å²) in [6.07, 6.45) is 1.93. The van der Waals surface area contributed by atoms with E-state index in [4.69, 9.17) is 0 Å². The second kappa shape index (κ2) is 4.53. The van der Waals surface area contributed by atoms with E-state index < -0.39 is 0 Å². The molecule has 5 nitrogen and oxygen atoms in total. The number of nitrogens with one attached hydrogen (secondary N) is 1. The zero-order valence-corrected chi connectivity index (χ0v) is 10.6. The van der Waals surface area contributed by atoms with E-state index in [9.17, 15) is 0 Å². The molecule has 0 saturated heterocycles. The summed E-state index contributed by atoms with van der Waals surface area (Å²) in [5.41, 5.74) is 1.06. The third-order valence-corrected chi connectivity index (χ3v) is 2.52. The summed E-state index contributed by atoms with van der Waals surface area (Å²) in [4.78, 5) is 8.63. The van der Waals surface area contributed by atoms with Crippen molar-refractivity contribution in [2.24, 2.45) is 0 Å². The molecule has 0 aliphatic rings. The Balaban J connectivity index is 2.41. The van der Waals surface area contributed by atoms with Crippen molar-refractivity contribution in [1.29, 1.82) is 0 Å². The van der Waals surface area contributed by atoms with Gasteiger partial charge in [0.15, 0.2) is 5.82 Å². The quantitative estimate of drug-likeness (QED) is 0.879. The third-order valence-electron chi connectivity index (χ3n) is 2.52. The highest BCUT2D eigenvalue weighted by Crippen LogP contribution is 2.14. The second-order valence-electron chi connectivity index (χ2n) is 4.25. The lowest BCUT2D eigenvalue weighted by molar-refractivity contribution is 0.753. The molecular weight excluding hydrogens is 214 g/mol. The van der Waals surface area contributed by atoms with Crippen molar-refractivity contribution in [2.45, 2.75) is 26.7 Å². The van der Waals surface area contributed by atoms with Crippen LogP contribution in [0.2, 0.25) is 0 Å². The molecule has 0 saturated carbocycles. The zero-order chi connectivity index (χ0) is 12.4. The van der Waals surface area contributed by atoms with Crippen LogP contribution in [0.3, 0.4) is 0 Å². The minimum atomic E-state index is 0.419. The first-order valence-electron chi connectivity index (χ1n) is 5.69. The van der Waals surface area contributed by atoms with Crippen molar-refractivity contribution in [3.63, 3.8) is 0 Å². The van der Waals surface area contributed by atoms with Crippen LogP contribution in [0.4, 0.5) is 5.82 Å². The molecule has 0 atom stereocenters. The summed E-state index contributed by atoms with van der Waals surface area (Å²) >= 11 is 0. The van der Waals surface area contributed by atoms with E-state index >= 15 is 0 Å². The molecule has 0 aliphatic carbocycles. The van der Waals surface area contributed by atoms with Crippen molar-refractivity contribution in [3.8, 4) is 5.82 Å². The van der Waals surface area contributed by atoms with Gasteiger partial charge in [-0.1, -0.05) is 13.8 Å². The third kappa shape index (κ3) is 2.43. The van der Waals surface area contributed by atoms with Gasteiger partial charge in [0.05, 0.1) is 5.69 Å². The normalized spacial score (nSPS) is 10.9. The van der Waals surface area contributed by atoms with Crippen molar-refractivity contribution in [2.75, 3.05) is 12.4 Å². The lowest BCUT2D eigenvalue weighted by Gasteiger charge is -2.05. The Morgan fingerprint density at radius 3 is 2.65 bits per heavy atom. The minimum absolute atomic E-state index is 0.419. The van der Waals surface area contributed by atoms with Gasteiger partial charge in [-0.05, 0) is 18.9 Å². The van der Waals surface area contributed by atoms with Crippen molar-refractivity contribution in [1.82, 2.24) is 19.7 Å². The number of rotatable bonds is 3. The number of hydrogen-bond acceptors (Lipinski definition) is 4. The van der Waals surface area contributed by atoms with Crippen LogP contribution in [0, 0.1) is 6.92 Å². The molecule has 0 amide bonds. The molecule has 0 radical (unpaired) electrons. The molecule has 0 aliphatic heterocycles. The molecule has 2 heterocycles. The Kier molecular flexibility index (Phi) is 3.08. The molecule has 0 spiro atoms. The summed E-state index contributed by atoms with van der Waals surface area (Å²) in [6.45, 7) is 6.12. The topological polar surface area (TPSA) is 55.6 Å². The van der Waals surface area contributed by atoms with Crippen LogP contribution >= 0.6 is 0 Å². The van der Waals surface area contributed by atoms with Crippen molar-refractivity contribution in [3.05, 3.63) is 29.8 Å². The van der Waals surface area contributed by atoms with Gasteiger partial charge < -0.3 is 5.32 Å². The molecule has 2 aromatic rings. The standard InChI is InChI=1S/C12H17N5/c1-8(2)10-5-6-17(16-10)12-7-11(13-4)14-9(3)15-12/h5-8H,1-4H3,(H,13,14,15). The molecule has 0 aromatic carbocycles. The van der Waals surface area contributed by atoms with Gasteiger partial charge in [0.1, 0.15) is 11.6 Å². The summed E-state index contributed by atoms with van der Waals surface area (Å²) in [5, 5.41) is 7.51. The zero-order valence-electron chi connectivity index (χ0n) is 10.6. The van der Waals surface area contributed by atoms with Crippen LogP contribution in [0.1, 0.15) is 31.3 Å². The Hall–Kier alpha value is -1.91. The second-order valence-corrected chi connectivity index (χ2v) is 4.25. The van der Waals surface area contributed by atoms with E-state index in [1.807, 2.05) is 32.3 Å². The van der Waals surface area contributed by atoms with Gasteiger partial charge in [-0.25, -0.2) is 14.6 Å². The van der Waals surface area contributed by atoms with Crippen LogP contribution in [0.25, 0.3) is 5.82 Å². The Morgan fingerprint density at radius 1 is 1.29 bits per heavy atom. The highest BCUT2D eigenvalue weighted by Gasteiger charge is 2.07. The SMILES string of the molecule is CNc1cc(-n2ccc(C(C)C)n2)nc(C)n1. The maximum atomic E-state index is 4.50. The van der Waals surface area contributed by atoms with Crippen molar-refractivity contribution < 1.29 is 0 Å². The maximum absolute atomic E-state index is 4.50. The van der Waals surface area contributed by atoms with Crippen LogP contribution in [-0.4, -0.2) is 26.8 Å². The summed E-state index contributed by atoms with van der Waals surface area (Å²) < 4.78 is 1.78. The van der Waals surface area contributed by atoms with Gasteiger partial charge in [0, 0.05) is 19.3 Å². The Morgan fingerprint density at radius 2 is 2.06 bits per heavy atom. The molecule has 90 valence electrons. The molecule has 1 N–H and O–H groups in total. The van der Waals surface area contributed by atoms with E-state index in [2.05, 4.69) is 34.2 Å². The number of nitrogens with zero attached hydrogens (tertiary/aromatic N) is 4. The first-order valence-corrected chi connectivity index (χ1v) is 5.69. The van der Waals surface area contributed by atoms with E-state index in [-0.39, 0.29) is 0 Å². The number of aryl methyl sites for hydroxylation is 1. The fourth-order valence-electron chi connectivity index (χ4n) is 1.57. The fraction of sp³-hybridized carbons (Fsp3) is 0.417. The molecule has 2 rings (SSSR count). The summed E-state index contributed by atoms with van der Waals surface area (Å²) in [5.74, 6) is 2.74. The monoisotopic (exact) mass is 231 g/mol. The minimum Gasteiger partial charge on any atom is -0.373 e. The largest absolute Gasteiger partial charge is 0.373 e. The first-order chi connectivity index (χ1) is 8.10. The van der Waals surface area contributed by atoms with Gasteiger partial charge in [-0.15, -0.1) is 0 Å². The van der Waals surface area contributed by atoms with Gasteiger partial charge in [-0.3, -0.25) is 0 Å². The number of hydrogen-bond donors (Lipinski definition) is 1. The van der Waals surface area contributed by atoms with Crippen LogP contribution in [0.15, 0.2) is 18.3 Å². The van der Waals surface area contributed by atoms with Gasteiger partial charge in [-0.2, -0.15) is 5.10 Å². The molecule has 0 fully saturated rings. The molecule has 17 heavy (non-hydrogen) atoms. The number of anilines is 1. The van der Waals surface area contributed by atoms with Gasteiger partial charge >= 0.3 is 0 Å². The fourth-order valence-corrected chi connectivity index (χ4v) is 1.57.